The summed E-state index contributed by atoms with van der Waals surface area (Å²) in [6.45, 7) is 3.80. The van der Waals surface area contributed by atoms with Crippen molar-refractivity contribution in [2.45, 2.75) is 24.9 Å². The molecular formula is C19H23Cl2N3O2S. The minimum atomic E-state index is -3.19. The number of halogens is 2. The number of nitrogens with one attached hydrogen (secondary N) is 1. The van der Waals surface area contributed by atoms with Gasteiger partial charge in [-0.2, -0.15) is 0 Å². The average molecular weight is 428 g/mol. The highest BCUT2D eigenvalue weighted by Gasteiger charge is 2.09. The Bertz CT molecular complexity index is 913. The van der Waals surface area contributed by atoms with Gasteiger partial charge in [0.15, 0.2) is 15.8 Å². The molecule has 0 atom stereocenters. The van der Waals surface area contributed by atoms with Crippen LogP contribution in [0, 0.1) is 0 Å². The molecule has 27 heavy (non-hydrogen) atoms. The van der Waals surface area contributed by atoms with E-state index in [0.29, 0.717) is 28.0 Å². The summed E-state index contributed by atoms with van der Waals surface area (Å²) in [5.74, 6) is 0.746. The van der Waals surface area contributed by atoms with E-state index >= 15 is 0 Å². The Morgan fingerprint density at radius 3 is 2.26 bits per heavy atom. The molecular weight excluding hydrogens is 405 g/mol. The first kappa shape index (κ1) is 21.5. The van der Waals surface area contributed by atoms with Gasteiger partial charge in [-0.1, -0.05) is 41.4 Å². The van der Waals surface area contributed by atoms with E-state index in [2.05, 4.69) is 10.3 Å². The molecule has 0 unspecified atom stereocenters. The summed E-state index contributed by atoms with van der Waals surface area (Å²) in [6.07, 6.45) is 1.20. The fraction of sp³-hybridized carbons (Fsp3) is 0.316. The van der Waals surface area contributed by atoms with Crippen LogP contribution < -0.4 is 5.32 Å². The second kappa shape index (κ2) is 9.44. The lowest BCUT2D eigenvalue weighted by Crippen LogP contribution is -2.38. The van der Waals surface area contributed by atoms with E-state index < -0.39 is 9.84 Å². The highest BCUT2D eigenvalue weighted by molar-refractivity contribution is 7.90. The van der Waals surface area contributed by atoms with Gasteiger partial charge < -0.3 is 10.2 Å². The molecule has 5 nitrogen and oxygen atoms in total. The summed E-state index contributed by atoms with van der Waals surface area (Å²) < 4.78 is 23.1. The molecule has 0 saturated carbocycles. The van der Waals surface area contributed by atoms with E-state index in [-0.39, 0.29) is 0 Å². The van der Waals surface area contributed by atoms with E-state index in [1.165, 1.54) is 6.26 Å². The fourth-order valence-corrected chi connectivity index (χ4v) is 3.42. The minimum Gasteiger partial charge on any atom is -0.357 e. The van der Waals surface area contributed by atoms with Crippen LogP contribution in [0.15, 0.2) is 52.4 Å². The van der Waals surface area contributed by atoms with Crippen molar-refractivity contribution in [2.75, 3.05) is 19.8 Å². The molecule has 0 aliphatic heterocycles. The molecule has 0 fully saturated rings. The molecule has 0 spiro atoms. The minimum absolute atomic E-state index is 0.305. The Kier molecular flexibility index (Phi) is 7.53. The van der Waals surface area contributed by atoms with E-state index in [4.69, 9.17) is 23.2 Å². The second-order valence-corrected chi connectivity index (χ2v) is 9.02. The predicted molar refractivity (Wildman–Crippen MR) is 112 cm³/mol. The summed E-state index contributed by atoms with van der Waals surface area (Å²) in [6, 6.07) is 12.3. The van der Waals surface area contributed by atoms with Gasteiger partial charge in [0.1, 0.15) is 0 Å². The molecule has 0 aliphatic rings. The molecule has 0 bridgehead atoms. The maximum absolute atomic E-state index is 11.5. The molecule has 0 radical (unpaired) electrons. The van der Waals surface area contributed by atoms with Gasteiger partial charge in [0.05, 0.1) is 21.5 Å². The normalized spacial score (nSPS) is 12.1. The van der Waals surface area contributed by atoms with Crippen molar-refractivity contribution in [3.63, 3.8) is 0 Å². The third-order valence-electron chi connectivity index (χ3n) is 3.86. The fourth-order valence-electron chi connectivity index (χ4n) is 2.46. The zero-order valence-corrected chi connectivity index (χ0v) is 17.9. The van der Waals surface area contributed by atoms with Gasteiger partial charge in [0.25, 0.3) is 0 Å². The Morgan fingerprint density at radius 2 is 1.70 bits per heavy atom. The van der Waals surface area contributed by atoms with Gasteiger partial charge in [-0.3, -0.25) is 0 Å². The van der Waals surface area contributed by atoms with E-state index in [1.54, 1.807) is 30.3 Å². The lowest BCUT2D eigenvalue weighted by Gasteiger charge is -2.22. The highest BCUT2D eigenvalue weighted by Crippen LogP contribution is 2.23. The molecule has 2 aromatic rings. The number of hydrogen-bond acceptors (Lipinski definition) is 3. The van der Waals surface area contributed by atoms with Crippen LogP contribution in [0.5, 0.6) is 0 Å². The van der Waals surface area contributed by atoms with Crippen LogP contribution in [0.4, 0.5) is 0 Å². The summed E-state index contributed by atoms with van der Waals surface area (Å²) in [5, 5.41) is 4.31. The topological polar surface area (TPSA) is 61.8 Å². The number of aliphatic imine (C=N–C) groups is 1. The Hall–Kier alpha value is -1.76. The Balaban J connectivity index is 2.11. The van der Waals surface area contributed by atoms with Gasteiger partial charge in [0, 0.05) is 26.4 Å². The van der Waals surface area contributed by atoms with Crippen LogP contribution in [0.2, 0.25) is 10.0 Å². The van der Waals surface area contributed by atoms with Crippen molar-refractivity contribution in [1.82, 2.24) is 10.2 Å². The van der Waals surface area contributed by atoms with Crippen LogP contribution in [0.25, 0.3) is 0 Å². The monoisotopic (exact) mass is 427 g/mol. The zero-order valence-electron chi connectivity index (χ0n) is 15.5. The van der Waals surface area contributed by atoms with Crippen LogP contribution in [-0.2, 0) is 22.9 Å². The van der Waals surface area contributed by atoms with Crippen molar-refractivity contribution < 1.29 is 8.42 Å². The van der Waals surface area contributed by atoms with Gasteiger partial charge in [-0.15, -0.1) is 0 Å². The number of benzene rings is 2. The number of guanidine groups is 1. The van der Waals surface area contributed by atoms with Crippen molar-refractivity contribution in [3.05, 3.63) is 63.6 Å². The van der Waals surface area contributed by atoms with Crippen molar-refractivity contribution in [1.29, 1.82) is 0 Å². The van der Waals surface area contributed by atoms with Crippen molar-refractivity contribution in [3.8, 4) is 0 Å². The number of rotatable bonds is 6. The predicted octanol–water partition coefficient (Wildman–Crippen LogP) is 3.99. The van der Waals surface area contributed by atoms with Gasteiger partial charge >= 0.3 is 0 Å². The van der Waals surface area contributed by atoms with Crippen LogP contribution in [0.3, 0.4) is 0 Å². The third-order valence-corrected chi connectivity index (χ3v) is 5.73. The first-order valence-corrected chi connectivity index (χ1v) is 11.1. The van der Waals surface area contributed by atoms with Crippen LogP contribution >= 0.6 is 23.2 Å². The molecule has 0 aliphatic carbocycles. The van der Waals surface area contributed by atoms with Crippen molar-refractivity contribution in [2.24, 2.45) is 4.99 Å². The zero-order chi connectivity index (χ0) is 20.0. The molecule has 0 saturated heterocycles. The molecule has 1 N–H and O–H groups in total. The number of hydrogen-bond donors (Lipinski definition) is 1. The van der Waals surface area contributed by atoms with E-state index in [0.717, 1.165) is 23.6 Å². The third kappa shape index (κ3) is 6.41. The van der Waals surface area contributed by atoms with Crippen LogP contribution in [-0.4, -0.2) is 39.1 Å². The Labute approximate surface area is 170 Å². The standard InChI is InChI=1S/C19H23Cl2N3O2S/c1-4-22-19(24(2)13-15-7-10-17(20)18(21)11-15)23-12-14-5-8-16(9-6-14)27(3,25)26/h5-11H,4,12-13H2,1-3H3,(H,22,23). The van der Waals surface area contributed by atoms with Gasteiger partial charge in [-0.25, -0.2) is 13.4 Å². The first-order chi connectivity index (χ1) is 12.7. The molecule has 0 heterocycles. The molecule has 2 aromatic carbocycles. The summed E-state index contributed by atoms with van der Waals surface area (Å²) in [7, 11) is -1.25. The molecule has 0 aromatic heterocycles. The highest BCUT2D eigenvalue weighted by atomic mass is 35.5. The largest absolute Gasteiger partial charge is 0.357 e. The molecule has 2 rings (SSSR count). The first-order valence-electron chi connectivity index (χ1n) is 8.43. The average Bonchev–Trinajstić information content (AvgIpc) is 2.61. The SMILES string of the molecule is CCNC(=NCc1ccc(S(C)(=O)=O)cc1)N(C)Cc1ccc(Cl)c(Cl)c1. The van der Waals surface area contributed by atoms with Crippen LogP contribution in [0.1, 0.15) is 18.1 Å². The number of sulfone groups is 1. The smallest absolute Gasteiger partial charge is 0.194 e. The molecule has 146 valence electrons. The van der Waals surface area contributed by atoms with E-state index in [1.807, 2.05) is 31.0 Å². The maximum atomic E-state index is 11.5. The van der Waals surface area contributed by atoms with Gasteiger partial charge in [0.2, 0.25) is 0 Å². The molecule has 0 amide bonds. The second-order valence-electron chi connectivity index (χ2n) is 6.19. The quantitative estimate of drug-likeness (QED) is 0.558. The summed E-state index contributed by atoms with van der Waals surface area (Å²) >= 11 is 12.1. The summed E-state index contributed by atoms with van der Waals surface area (Å²) in [5.41, 5.74) is 1.95. The number of nitrogens with zero attached hydrogens (tertiary/aromatic N) is 2. The molecule has 8 heteroatoms. The van der Waals surface area contributed by atoms with E-state index in [9.17, 15) is 8.42 Å². The lowest BCUT2D eigenvalue weighted by molar-refractivity contribution is 0.477. The Morgan fingerprint density at radius 1 is 1.07 bits per heavy atom. The van der Waals surface area contributed by atoms with Crippen molar-refractivity contribution >= 4 is 39.0 Å². The summed E-state index contributed by atoms with van der Waals surface area (Å²) in [4.78, 5) is 6.93. The van der Waals surface area contributed by atoms with Gasteiger partial charge in [-0.05, 0) is 42.3 Å². The lowest BCUT2D eigenvalue weighted by atomic mass is 10.2. The maximum Gasteiger partial charge on any atom is 0.194 e.